The molecule has 0 aliphatic rings. The smallest absolute Gasteiger partial charge is 0.245 e. The van der Waals surface area contributed by atoms with Gasteiger partial charge in [0, 0.05) is 6.07 Å². The summed E-state index contributed by atoms with van der Waals surface area (Å²) >= 11 is 0. The van der Waals surface area contributed by atoms with Crippen LogP contribution in [0.15, 0.2) is 28.8 Å². The van der Waals surface area contributed by atoms with Crippen LogP contribution in [0, 0.1) is 6.92 Å². The Balaban J connectivity index is 1.83. The second-order valence-electron chi connectivity index (χ2n) is 5.01. The normalized spacial score (nSPS) is 10.1. The Morgan fingerprint density at radius 3 is 2.50 bits per heavy atom. The highest BCUT2D eigenvalue weighted by molar-refractivity contribution is 5.94. The summed E-state index contributed by atoms with van der Waals surface area (Å²) in [6.07, 6.45) is 0.122. The summed E-state index contributed by atoms with van der Waals surface area (Å²) in [7, 11) is 3.07. The standard InChI is InChI=1S/C16H19N3O5/c1-10-6-14(19-24-10)18-16(21)9-17-15(20)8-11-4-5-12(22-2)13(7-11)23-3/h4-7H,8-9H2,1-3H3,(H,17,20)(H,18,19,21). The van der Waals surface area contributed by atoms with Crippen LogP contribution in [0.5, 0.6) is 11.5 Å². The van der Waals surface area contributed by atoms with E-state index < -0.39 is 0 Å². The van der Waals surface area contributed by atoms with E-state index >= 15 is 0 Å². The third kappa shape index (κ3) is 4.73. The topological polar surface area (TPSA) is 103 Å². The fraction of sp³-hybridized carbons (Fsp3) is 0.312. The molecule has 128 valence electrons. The fourth-order valence-corrected chi connectivity index (χ4v) is 2.03. The van der Waals surface area contributed by atoms with E-state index in [1.807, 2.05) is 0 Å². The summed E-state index contributed by atoms with van der Waals surface area (Å²) in [5, 5.41) is 8.70. The molecule has 0 aliphatic heterocycles. The predicted octanol–water partition coefficient (Wildman–Crippen LogP) is 1.30. The van der Waals surface area contributed by atoms with Gasteiger partial charge in [0.2, 0.25) is 11.8 Å². The Morgan fingerprint density at radius 1 is 1.12 bits per heavy atom. The lowest BCUT2D eigenvalue weighted by molar-refractivity contribution is -0.123. The minimum absolute atomic E-state index is 0.122. The number of benzene rings is 1. The number of aromatic nitrogens is 1. The van der Waals surface area contributed by atoms with Gasteiger partial charge in [-0.2, -0.15) is 0 Å². The summed E-state index contributed by atoms with van der Waals surface area (Å²) in [5.74, 6) is 1.36. The molecule has 0 fully saturated rings. The average molecular weight is 333 g/mol. The van der Waals surface area contributed by atoms with Crippen molar-refractivity contribution in [1.29, 1.82) is 0 Å². The van der Waals surface area contributed by atoms with Crippen LogP contribution in [0.4, 0.5) is 5.82 Å². The highest BCUT2D eigenvalue weighted by Crippen LogP contribution is 2.27. The zero-order valence-electron chi connectivity index (χ0n) is 13.7. The Kier molecular flexibility index (Phi) is 5.78. The number of anilines is 1. The molecule has 0 aliphatic carbocycles. The van der Waals surface area contributed by atoms with Crippen LogP contribution in [0.2, 0.25) is 0 Å². The molecule has 2 aromatic rings. The first-order valence-electron chi connectivity index (χ1n) is 7.22. The van der Waals surface area contributed by atoms with Gasteiger partial charge in [-0.3, -0.25) is 9.59 Å². The second-order valence-corrected chi connectivity index (χ2v) is 5.01. The van der Waals surface area contributed by atoms with Gasteiger partial charge in [0.1, 0.15) is 5.76 Å². The first-order chi connectivity index (χ1) is 11.5. The van der Waals surface area contributed by atoms with Gasteiger partial charge in [-0.25, -0.2) is 0 Å². The zero-order chi connectivity index (χ0) is 17.5. The first-order valence-corrected chi connectivity index (χ1v) is 7.22. The van der Waals surface area contributed by atoms with Gasteiger partial charge in [-0.15, -0.1) is 0 Å². The molecule has 1 aromatic carbocycles. The SMILES string of the molecule is COc1ccc(CC(=O)NCC(=O)Nc2cc(C)on2)cc1OC. The molecule has 0 atom stereocenters. The second kappa shape index (κ2) is 8.00. The van der Waals surface area contributed by atoms with Crippen molar-refractivity contribution in [2.45, 2.75) is 13.3 Å². The molecule has 1 aromatic heterocycles. The van der Waals surface area contributed by atoms with Crippen LogP contribution in [0.25, 0.3) is 0 Å². The van der Waals surface area contributed by atoms with Gasteiger partial charge < -0.3 is 24.6 Å². The Labute approximate surface area is 139 Å². The molecular formula is C16H19N3O5. The van der Waals surface area contributed by atoms with E-state index in [0.717, 1.165) is 5.56 Å². The van der Waals surface area contributed by atoms with Gasteiger partial charge in [0.15, 0.2) is 17.3 Å². The molecule has 0 saturated heterocycles. The number of nitrogens with zero attached hydrogens (tertiary/aromatic N) is 1. The van der Waals surface area contributed by atoms with Crippen molar-refractivity contribution in [1.82, 2.24) is 10.5 Å². The molecule has 2 amide bonds. The highest BCUT2D eigenvalue weighted by atomic mass is 16.5. The molecule has 0 unspecified atom stereocenters. The first kappa shape index (κ1) is 17.3. The van der Waals surface area contributed by atoms with Crippen molar-refractivity contribution in [3.05, 3.63) is 35.6 Å². The monoisotopic (exact) mass is 333 g/mol. The van der Waals surface area contributed by atoms with E-state index in [1.54, 1.807) is 38.3 Å². The molecule has 24 heavy (non-hydrogen) atoms. The van der Waals surface area contributed by atoms with Crippen LogP contribution in [-0.4, -0.2) is 37.7 Å². The number of amides is 2. The maximum Gasteiger partial charge on any atom is 0.245 e. The molecule has 2 rings (SSSR count). The number of nitrogens with one attached hydrogen (secondary N) is 2. The summed E-state index contributed by atoms with van der Waals surface area (Å²) in [6, 6.07) is 6.79. The minimum atomic E-state index is -0.385. The number of rotatable bonds is 7. The third-order valence-corrected chi connectivity index (χ3v) is 3.15. The van der Waals surface area contributed by atoms with E-state index in [9.17, 15) is 9.59 Å². The quantitative estimate of drug-likeness (QED) is 0.792. The van der Waals surface area contributed by atoms with E-state index in [-0.39, 0.29) is 24.8 Å². The van der Waals surface area contributed by atoms with Crippen molar-refractivity contribution >= 4 is 17.6 Å². The van der Waals surface area contributed by atoms with E-state index in [0.29, 0.717) is 23.1 Å². The number of methoxy groups -OCH3 is 2. The van der Waals surface area contributed by atoms with Crippen molar-refractivity contribution in [2.75, 3.05) is 26.1 Å². The highest BCUT2D eigenvalue weighted by Gasteiger charge is 2.11. The Bertz CT molecular complexity index is 726. The van der Waals surface area contributed by atoms with Gasteiger partial charge in [-0.1, -0.05) is 11.2 Å². The molecule has 0 bridgehead atoms. The van der Waals surface area contributed by atoms with E-state index in [4.69, 9.17) is 14.0 Å². The van der Waals surface area contributed by atoms with E-state index in [2.05, 4.69) is 15.8 Å². The number of carbonyl (C=O) groups is 2. The van der Waals surface area contributed by atoms with Crippen LogP contribution in [0.3, 0.4) is 0 Å². The molecule has 0 spiro atoms. The molecule has 2 N–H and O–H groups in total. The number of hydrogen-bond acceptors (Lipinski definition) is 6. The molecule has 8 nitrogen and oxygen atoms in total. The fourth-order valence-electron chi connectivity index (χ4n) is 2.03. The molecular weight excluding hydrogens is 314 g/mol. The summed E-state index contributed by atoms with van der Waals surface area (Å²) in [4.78, 5) is 23.6. The number of carbonyl (C=O) groups excluding carboxylic acids is 2. The number of aryl methyl sites for hydroxylation is 1. The number of ether oxygens (including phenoxy) is 2. The van der Waals surface area contributed by atoms with Crippen molar-refractivity contribution in [2.24, 2.45) is 0 Å². The molecule has 1 heterocycles. The van der Waals surface area contributed by atoms with Gasteiger partial charge >= 0.3 is 0 Å². The maximum atomic E-state index is 11.9. The predicted molar refractivity (Wildman–Crippen MR) is 86.1 cm³/mol. The lowest BCUT2D eigenvalue weighted by Crippen LogP contribution is -2.33. The molecule has 8 heteroatoms. The maximum absolute atomic E-state index is 11.9. The average Bonchev–Trinajstić information content (AvgIpc) is 2.97. The third-order valence-electron chi connectivity index (χ3n) is 3.15. The summed E-state index contributed by atoms with van der Waals surface area (Å²) in [5.41, 5.74) is 0.748. The van der Waals surface area contributed by atoms with Crippen LogP contribution in [-0.2, 0) is 16.0 Å². The lowest BCUT2D eigenvalue weighted by atomic mass is 10.1. The minimum Gasteiger partial charge on any atom is -0.493 e. The van der Waals surface area contributed by atoms with Crippen LogP contribution in [0.1, 0.15) is 11.3 Å². The van der Waals surface area contributed by atoms with Crippen LogP contribution < -0.4 is 20.1 Å². The largest absolute Gasteiger partial charge is 0.493 e. The Morgan fingerprint density at radius 2 is 1.88 bits per heavy atom. The van der Waals surface area contributed by atoms with Crippen molar-refractivity contribution < 1.29 is 23.6 Å². The van der Waals surface area contributed by atoms with Gasteiger partial charge in [-0.05, 0) is 24.6 Å². The molecule has 0 radical (unpaired) electrons. The lowest BCUT2D eigenvalue weighted by Gasteiger charge is -2.09. The van der Waals surface area contributed by atoms with Crippen LogP contribution >= 0.6 is 0 Å². The number of hydrogen-bond donors (Lipinski definition) is 2. The van der Waals surface area contributed by atoms with Gasteiger partial charge in [0.25, 0.3) is 0 Å². The summed E-state index contributed by atoms with van der Waals surface area (Å²) < 4.78 is 15.2. The van der Waals surface area contributed by atoms with Crippen molar-refractivity contribution in [3.63, 3.8) is 0 Å². The van der Waals surface area contributed by atoms with Gasteiger partial charge in [0.05, 0.1) is 27.2 Å². The Hall–Kier alpha value is -3.03. The summed E-state index contributed by atoms with van der Waals surface area (Å²) in [6.45, 7) is 1.56. The van der Waals surface area contributed by atoms with Crippen molar-refractivity contribution in [3.8, 4) is 11.5 Å². The van der Waals surface area contributed by atoms with E-state index in [1.165, 1.54) is 7.11 Å². The zero-order valence-corrected chi connectivity index (χ0v) is 13.7. The molecule has 0 saturated carbocycles.